The van der Waals surface area contributed by atoms with E-state index >= 15 is 0 Å². The van der Waals surface area contributed by atoms with Gasteiger partial charge in [-0.3, -0.25) is 0 Å². The number of rotatable bonds is 6. The van der Waals surface area contributed by atoms with Crippen LogP contribution in [0.3, 0.4) is 0 Å². The second-order valence-corrected chi connectivity index (χ2v) is 6.51. The molecule has 0 unspecified atom stereocenters. The van der Waals surface area contributed by atoms with Crippen molar-refractivity contribution in [1.29, 1.82) is 0 Å². The van der Waals surface area contributed by atoms with Gasteiger partial charge in [0.25, 0.3) is 0 Å². The Bertz CT molecular complexity index is 586. The summed E-state index contributed by atoms with van der Waals surface area (Å²) in [6, 6.07) is 8.61. The Morgan fingerprint density at radius 1 is 1.05 bits per heavy atom. The number of aromatic nitrogens is 3. The highest BCUT2D eigenvalue weighted by molar-refractivity contribution is 7.98. The predicted octanol–water partition coefficient (Wildman–Crippen LogP) is 2.68. The third kappa shape index (κ3) is 4.78. The van der Waals surface area contributed by atoms with Crippen LogP contribution in [0.1, 0.15) is 11.4 Å². The summed E-state index contributed by atoms with van der Waals surface area (Å²) in [5.74, 6) is 3.24. The zero-order chi connectivity index (χ0) is 15.2. The normalized spacial score (nSPS) is 10.6. The van der Waals surface area contributed by atoms with E-state index < -0.39 is 0 Å². The highest BCUT2D eigenvalue weighted by atomic mass is 32.2. The molecule has 0 spiro atoms. The highest BCUT2D eigenvalue weighted by Gasteiger charge is 2.06. The zero-order valence-corrected chi connectivity index (χ0v) is 14.0. The van der Waals surface area contributed by atoms with Crippen molar-refractivity contribution in [2.75, 3.05) is 31.0 Å². The van der Waals surface area contributed by atoms with Crippen molar-refractivity contribution >= 4 is 35.4 Å². The molecule has 0 amide bonds. The van der Waals surface area contributed by atoms with Crippen LogP contribution in [0, 0.1) is 0 Å². The molecule has 0 aliphatic carbocycles. The molecule has 2 rings (SSSR count). The lowest BCUT2D eigenvalue weighted by Gasteiger charge is -2.11. The van der Waals surface area contributed by atoms with Crippen molar-refractivity contribution < 1.29 is 0 Å². The minimum absolute atomic E-state index is 0.272. The zero-order valence-electron chi connectivity index (χ0n) is 12.4. The smallest absolute Gasteiger partial charge is 0.229 e. The maximum atomic E-state index is 5.71. The fraction of sp³-hybridized carbons (Fsp3) is 0.357. The Hall–Kier alpha value is -1.47. The molecule has 2 aromatic rings. The van der Waals surface area contributed by atoms with E-state index in [-0.39, 0.29) is 5.95 Å². The molecule has 1 heterocycles. The van der Waals surface area contributed by atoms with Gasteiger partial charge in [-0.05, 0) is 24.0 Å². The molecule has 1 aromatic carbocycles. The van der Waals surface area contributed by atoms with Crippen LogP contribution in [-0.4, -0.2) is 35.3 Å². The molecular formula is C14H19N5S2. The average molecular weight is 321 g/mol. The topological polar surface area (TPSA) is 67.9 Å². The first kappa shape index (κ1) is 15.9. The molecule has 0 saturated carbocycles. The number of nitrogens with two attached hydrogens (primary N) is 1. The molecule has 2 N–H and O–H groups in total. The highest BCUT2D eigenvalue weighted by Crippen LogP contribution is 2.20. The SMILES string of the molecule is CSc1ccc(CSCc2nc(N)nc(N(C)C)n2)cc1. The Morgan fingerprint density at radius 3 is 2.38 bits per heavy atom. The van der Waals surface area contributed by atoms with Gasteiger partial charge in [0, 0.05) is 24.7 Å². The Balaban J connectivity index is 1.93. The predicted molar refractivity (Wildman–Crippen MR) is 91.8 cm³/mol. The standard InChI is InChI=1S/C14H19N5S2/c1-19(2)14-17-12(16-13(15)18-14)9-21-8-10-4-6-11(20-3)7-5-10/h4-7H,8-9H2,1-3H3,(H2,15,16,17,18). The number of hydrogen-bond acceptors (Lipinski definition) is 7. The van der Waals surface area contributed by atoms with Gasteiger partial charge in [-0.1, -0.05) is 12.1 Å². The van der Waals surface area contributed by atoms with Crippen molar-refractivity contribution in [3.63, 3.8) is 0 Å². The largest absolute Gasteiger partial charge is 0.368 e. The van der Waals surface area contributed by atoms with E-state index in [4.69, 9.17) is 5.73 Å². The number of nitrogens with zero attached hydrogens (tertiary/aromatic N) is 4. The molecule has 0 aliphatic heterocycles. The van der Waals surface area contributed by atoms with E-state index in [9.17, 15) is 0 Å². The molecular weight excluding hydrogens is 302 g/mol. The minimum atomic E-state index is 0.272. The molecule has 5 nitrogen and oxygen atoms in total. The number of benzene rings is 1. The monoisotopic (exact) mass is 321 g/mol. The van der Waals surface area contributed by atoms with Crippen LogP contribution < -0.4 is 10.6 Å². The first-order valence-corrected chi connectivity index (χ1v) is 8.85. The lowest BCUT2D eigenvalue weighted by molar-refractivity contribution is 0.919. The fourth-order valence-corrected chi connectivity index (χ4v) is 2.92. The molecule has 0 saturated heterocycles. The molecule has 1 aromatic heterocycles. The van der Waals surface area contributed by atoms with Gasteiger partial charge >= 0.3 is 0 Å². The van der Waals surface area contributed by atoms with Crippen LogP contribution in [0.4, 0.5) is 11.9 Å². The van der Waals surface area contributed by atoms with Crippen LogP contribution in [0.2, 0.25) is 0 Å². The van der Waals surface area contributed by atoms with Crippen LogP contribution in [0.25, 0.3) is 0 Å². The van der Waals surface area contributed by atoms with E-state index in [0.717, 1.165) is 17.3 Å². The van der Waals surface area contributed by atoms with Crippen molar-refractivity contribution in [2.24, 2.45) is 0 Å². The summed E-state index contributed by atoms with van der Waals surface area (Å²) in [5.41, 5.74) is 7.01. The fourth-order valence-electron chi connectivity index (χ4n) is 1.67. The Morgan fingerprint density at radius 2 is 1.76 bits per heavy atom. The van der Waals surface area contributed by atoms with Gasteiger partial charge in [0.1, 0.15) is 5.82 Å². The molecule has 0 bridgehead atoms. The van der Waals surface area contributed by atoms with Crippen LogP contribution in [-0.2, 0) is 11.5 Å². The van der Waals surface area contributed by atoms with Gasteiger partial charge < -0.3 is 10.6 Å². The molecule has 0 radical (unpaired) electrons. The Kier molecular flexibility index (Phi) is 5.69. The molecule has 112 valence electrons. The minimum Gasteiger partial charge on any atom is -0.368 e. The third-order valence-corrected chi connectivity index (χ3v) is 4.49. The summed E-state index contributed by atoms with van der Waals surface area (Å²) in [6.45, 7) is 0. The Labute approximate surface area is 133 Å². The van der Waals surface area contributed by atoms with Gasteiger partial charge in [0.05, 0.1) is 5.75 Å². The average Bonchev–Trinajstić information content (AvgIpc) is 2.47. The second kappa shape index (κ2) is 7.51. The first-order chi connectivity index (χ1) is 10.1. The number of anilines is 2. The van der Waals surface area contributed by atoms with Crippen molar-refractivity contribution in [2.45, 2.75) is 16.4 Å². The van der Waals surface area contributed by atoms with Gasteiger partial charge in [0.15, 0.2) is 0 Å². The number of thioether (sulfide) groups is 2. The first-order valence-electron chi connectivity index (χ1n) is 6.47. The summed E-state index contributed by atoms with van der Waals surface area (Å²) >= 11 is 3.52. The quantitative estimate of drug-likeness (QED) is 0.820. The van der Waals surface area contributed by atoms with E-state index in [1.807, 2.05) is 19.0 Å². The number of hydrogen-bond donors (Lipinski definition) is 1. The number of nitrogen functional groups attached to an aromatic ring is 1. The van der Waals surface area contributed by atoms with E-state index in [2.05, 4.69) is 45.5 Å². The maximum absolute atomic E-state index is 5.71. The summed E-state index contributed by atoms with van der Waals surface area (Å²) in [7, 11) is 3.78. The lowest BCUT2D eigenvalue weighted by Crippen LogP contribution is -2.15. The van der Waals surface area contributed by atoms with E-state index in [1.165, 1.54) is 10.5 Å². The van der Waals surface area contributed by atoms with Gasteiger partial charge in [-0.15, -0.1) is 23.5 Å². The second-order valence-electron chi connectivity index (χ2n) is 4.65. The summed E-state index contributed by atoms with van der Waals surface area (Å²) in [4.78, 5) is 15.8. The van der Waals surface area contributed by atoms with Crippen molar-refractivity contribution in [3.05, 3.63) is 35.7 Å². The van der Waals surface area contributed by atoms with Crippen LogP contribution in [0.15, 0.2) is 29.2 Å². The lowest BCUT2D eigenvalue weighted by atomic mass is 10.2. The van der Waals surface area contributed by atoms with Crippen LogP contribution >= 0.6 is 23.5 Å². The summed E-state index contributed by atoms with van der Waals surface area (Å²) in [6.07, 6.45) is 2.08. The van der Waals surface area contributed by atoms with E-state index in [0.29, 0.717) is 5.95 Å². The third-order valence-electron chi connectivity index (χ3n) is 2.75. The molecule has 21 heavy (non-hydrogen) atoms. The molecule has 0 fully saturated rings. The summed E-state index contributed by atoms with van der Waals surface area (Å²) in [5, 5.41) is 0. The van der Waals surface area contributed by atoms with Crippen molar-refractivity contribution in [1.82, 2.24) is 15.0 Å². The van der Waals surface area contributed by atoms with Crippen molar-refractivity contribution in [3.8, 4) is 0 Å². The van der Waals surface area contributed by atoms with Gasteiger partial charge in [0.2, 0.25) is 11.9 Å². The molecule has 0 aliphatic rings. The van der Waals surface area contributed by atoms with Gasteiger partial charge in [-0.25, -0.2) is 0 Å². The van der Waals surface area contributed by atoms with Gasteiger partial charge in [-0.2, -0.15) is 15.0 Å². The maximum Gasteiger partial charge on any atom is 0.229 e. The van der Waals surface area contributed by atoms with Crippen LogP contribution in [0.5, 0.6) is 0 Å². The molecule has 0 atom stereocenters. The molecule has 7 heteroatoms. The van der Waals surface area contributed by atoms with E-state index in [1.54, 1.807) is 23.5 Å². The summed E-state index contributed by atoms with van der Waals surface area (Å²) < 4.78 is 0.